The van der Waals surface area contributed by atoms with Gasteiger partial charge in [0.15, 0.2) is 0 Å². The van der Waals surface area contributed by atoms with Crippen LogP contribution in [0.1, 0.15) is 20.8 Å². The highest BCUT2D eigenvalue weighted by Crippen LogP contribution is 2.28. The molecule has 1 heterocycles. The highest BCUT2D eigenvalue weighted by atomic mass is 16.9. The maximum atomic E-state index is 5.37. The molecule has 0 N–H and O–H groups in total. The Kier molecular flexibility index (Phi) is 1.99. The lowest BCUT2D eigenvalue weighted by molar-refractivity contribution is -0.235. The van der Waals surface area contributed by atoms with Crippen molar-refractivity contribution in [1.29, 1.82) is 0 Å². The van der Waals surface area contributed by atoms with Crippen LogP contribution in [0.2, 0.25) is 0 Å². The average molecular weight is 146 g/mol. The number of hydrogen-bond donors (Lipinski definition) is 0. The van der Waals surface area contributed by atoms with Gasteiger partial charge in [-0.15, -0.1) is 0 Å². The molecule has 0 aliphatic carbocycles. The van der Waals surface area contributed by atoms with Crippen LogP contribution in [0.15, 0.2) is 0 Å². The topological polar surface area (TPSA) is 27.7 Å². The van der Waals surface area contributed by atoms with Crippen LogP contribution in [-0.2, 0) is 14.2 Å². The summed E-state index contributed by atoms with van der Waals surface area (Å²) >= 11 is 0. The average Bonchev–Trinajstić information content (AvgIpc) is 2.08. The molecule has 0 aromatic rings. The number of rotatable bonds is 1. The zero-order chi connectivity index (χ0) is 7.78. The van der Waals surface area contributed by atoms with Crippen LogP contribution >= 0.6 is 0 Å². The largest absolute Gasteiger partial charge is 0.333 e. The summed E-state index contributed by atoms with van der Waals surface area (Å²) in [6.07, 6.45) is 0.0949. The van der Waals surface area contributed by atoms with Gasteiger partial charge >= 0.3 is 0 Å². The van der Waals surface area contributed by atoms with E-state index in [1.54, 1.807) is 7.11 Å². The summed E-state index contributed by atoms with van der Waals surface area (Å²) in [4.78, 5) is 0. The molecule has 60 valence electrons. The smallest absolute Gasteiger partial charge is 0.272 e. The maximum absolute atomic E-state index is 5.37. The molecule has 0 spiro atoms. The fraction of sp³-hybridized carbons (Fsp3) is 1.00. The molecular weight excluding hydrogens is 132 g/mol. The zero-order valence-electron chi connectivity index (χ0n) is 6.88. The normalized spacial score (nSPS) is 38.4. The van der Waals surface area contributed by atoms with Gasteiger partial charge in [0.05, 0.1) is 11.7 Å². The van der Waals surface area contributed by atoms with Gasteiger partial charge in [0, 0.05) is 7.11 Å². The molecule has 0 amide bonds. The van der Waals surface area contributed by atoms with Crippen molar-refractivity contribution in [3.63, 3.8) is 0 Å². The molecule has 1 rings (SSSR count). The Labute approximate surface area is 61.3 Å². The molecule has 0 aromatic heterocycles. The minimum absolute atomic E-state index is 0.0949. The molecule has 3 nitrogen and oxygen atoms in total. The Morgan fingerprint density at radius 3 is 2.20 bits per heavy atom. The van der Waals surface area contributed by atoms with E-state index in [2.05, 4.69) is 0 Å². The first-order valence-corrected chi connectivity index (χ1v) is 3.42. The summed E-state index contributed by atoms with van der Waals surface area (Å²) in [5.41, 5.74) is -0.222. The predicted molar refractivity (Wildman–Crippen MR) is 36.5 cm³/mol. The molecule has 0 radical (unpaired) electrons. The van der Waals surface area contributed by atoms with Crippen molar-refractivity contribution in [2.45, 2.75) is 39.0 Å². The van der Waals surface area contributed by atoms with Crippen molar-refractivity contribution in [3.8, 4) is 0 Å². The molecule has 0 saturated carbocycles. The molecule has 10 heavy (non-hydrogen) atoms. The van der Waals surface area contributed by atoms with E-state index in [0.717, 1.165) is 0 Å². The van der Waals surface area contributed by atoms with Gasteiger partial charge in [-0.25, -0.2) is 0 Å². The molecule has 0 aromatic carbocycles. The van der Waals surface area contributed by atoms with Gasteiger partial charge in [-0.3, -0.25) is 0 Å². The monoisotopic (exact) mass is 146 g/mol. The summed E-state index contributed by atoms with van der Waals surface area (Å²) in [7, 11) is 1.57. The SMILES string of the molecule is COC1OC(C)C(C)(C)O1. The fourth-order valence-corrected chi connectivity index (χ4v) is 0.806. The van der Waals surface area contributed by atoms with Crippen LogP contribution < -0.4 is 0 Å². The van der Waals surface area contributed by atoms with E-state index in [0.29, 0.717) is 0 Å². The van der Waals surface area contributed by atoms with Gasteiger partial charge in [-0.1, -0.05) is 0 Å². The summed E-state index contributed by atoms with van der Waals surface area (Å²) in [5, 5.41) is 0. The first kappa shape index (κ1) is 7.98. The van der Waals surface area contributed by atoms with Crippen LogP contribution in [0.5, 0.6) is 0 Å². The van der Waals surface area contributed by atoms with Crippen molar-refractivity contribution >= 4 is 0 Å². The third-order valence-electron chi connectivity index (χ3n) is 1.89. The van der Waals surface area contributed by atoms with Crippen molar-refractivity contribution in [3.05, 3.63) is 0 Å². The van der Waals surface area contributed by atoms with Crippen LogP contribution in [0.3, 0.4) is 0 Å². The highest BCUT2D eigenvalue weighted by Gasteiger charge is 2.39. The second-order valence-corrected chi connectivity index (χ2v) is 3.02. The quantitative estimate of drug-likeness (QED) is 0.555. The third-order valence-corrected chi connectivity index (χ3v) is 1.89. The highest BCUT2D eigenvalue weighted by molar-refractivity contribution is 4.80. The molecule has 1 saturated heterocycles. The Bertz CT molecular complexity index is 122. The molecule has 2 unspecified atom stereocenters. The van der Waals surface area contributed by atoms with Crippen LogP contribution in [0.25, 0.3) is 0 Å². The van der Waals surface area contributed by atoms with Gasteiger partial charge < -0.3 is 14.2 Å². The summed E-state index contributed by atoms with van der Waals surface area (Å²) < 4.78 is 15.5. The molecule has 3 heteroatoms. The lowest BCUT2D eigenvalue weighted by atomic mass is 10.0. The molecule has 1 aliphatic rings. The molecular formula is C7H14O3. The lowest BCUT2D eigenvalue weighted by Crippen LogP contribution is -2.30. The van der Waals surface area contributed by atoms with Crippen molar-refractivity contribution < 1.29 is 14.2 Å². The third kappa shape index (κ3) is 1.31. The summed E-state index contributed by atoms with van der Waals surface area (Å²) in [5.74, 6) is 0. The lowest BCUT2D eigenvalue weighted by Gasteiger charge is -2.18. The molecule has 1 fully saturated rings. The second kappa shape index (κ2) is 2.49. The van der Waals surface area contributed by atoms with E-state index in [1.165, 1.54) is 0 Å². The van der Waals surface area contributed by atoms with E-state index in [4.69, 9.17) is 14.2 Å². The van der Waals surface area contributed by atoms with Gasteiger partial charge in [0.25, 0.3) is 6.48 Å². The standard InChI is InChI=1S/C7H14O3/c1-5-7(2,3)10-6(8-4)9-5/h5-6H,1-4H3. The summed E-state index contributed by atoms with van der Waals surface area (Å²) in [6.45, 7) is 5.46. The van der Waals surface area contributed by atoms with Crippen LogP contribution in [0, 0.1) is 0 Å². The van der Waals surface area contributed by atoms with E-state index in [1.807, 2.05) is 20.8 Å². The van der Waals surface area contributed by atoms with Crippen molar-refractivity contribution in [2.24, 2.45) is 0 Å². The number of ether oxygens (including phenoxy) is 3. The number of hydrogen-bond acceptors (Lipinski definition) is 3. The van der Waals surface area contributed by atoms with E-state index >= 15 is 0 Å². The van der Waals surface area contributed by atoms with Gasteiger partial charge in [-0.05, 0) is 20.8 Å². The Balaban J connectivity index is 2.53. The first-order chi connectivity index (χ1) is 4.56. The minimum atomic E-state index is -0.481. The van der Waals surface area contributed by atoms with E-state index < -0.39 is 6.48 Å². The second-order valence-electron chi connectivity index (χ2n) is 3.02. The van der Waals surface area contributed by atoms with Crippen molar-refractivity contribution in [1.82, 2.24) is 0 Å². The maximum Gasteiger partial charge on any atom is 0.272 e. The van der Waals surface area contributed by atoms with Gasteiger partial charge in [0.1, 0.15) is 0 Å². The van der Waals surface area contributed by atoms with E-state index in [-0.39, 0.29) is 11.7 Å². The fourth-order valence-electron chi connectivity index (χ4n) is 0.806. The Morgan fingerprint density at radius 2 is 2.00 bits per heavy atom. The molecule has 2 atom stereocenters. The van der Waals surface area contributed by atoms with E-state index in [9.17, 15) is 0 Å². The zero-order valence-corrected chi connectivity index (χ0v) is 6.88. The number of methoxy groups -OCH3 is 1. The Hall–Kier alpha value is -0.120. The molecule has 0 bridgehead atoms. The predicted octanol–water partition coefficient (Wildman–Crippen LogP) is 1.13. The van der Waals surface area contributed by atoms with Gasteiger partial charge in [0.2, 0.25) is 0 Å². The van der Waals surface area contributed by atoms with Gasteiger partial charge in [-0.2, -0.15) is 0 Å². The summed E-state index contributed by atoms with van der Waals surface area (Å²) in [6, 6.07) is 0. The first-order valence-electron chi connectivity index (χ1n) is 3.42. The van der Waals surface area contributed by atoms with Crippen molar-refractivity contribution in [2.75, 3.05) is 7.11 Å². The van der Waals surface area contributed by atoms with Crippen LogP contribution in [-0.4, -0.2) is 25.3 Å². The minimum Gasteiger partial charge on any atom is -0.333 e. The van der Waals surface area contributed by atoms with Crippen LogP contribution in [0.4, 0.5) is 0 Å². The molecule has 1 aliphatic heterocycles. The Morgan fingerprint density at radius 1 is 1.40 bits per heavy atom.